The highest BCUT2D eigenvalue weighted by Crippen LogP contribution is 2.46. The van der Waals surface area contributed by atoms with Gasteiger partial charge in [-0.25, -0.2) is 8.78 Å². The minimum atomic E-state index is -0.743. The van der Waals surface area contributed by atoms with Crippen LogP contribution < -0.4 is 4.74 Å². The summed E-state index contributed by atoms with van der Waals surface area (Å²) in [5.41, 5.74) is 2.50. The molecule has 31 heavy (non-hydrogen) atoms. The number of rotatable bonds is 4. The van der Waals surface area contributed by atoms with Crippen molar-refractivity contribution in [1.82, 2.24) is 0 Å². The molecule has 4 unspecified atom stereocenters. The quantitative estimate of drug-likeness (QED) is 0.524. The number of hydrogen-bond donors (Lipinski definition) is 0. The Morgan fingerprint density at radius 1 is 0.871 bits per heavy atom. The maximum Gasteiger partial charge on any atom is 0.190 e. The van der Waals surface area contributed by atoms with Crippen LogP contribution in [0.5, 0.6) is 5.75 Å². The summed E-state index contributed by atoms with van der Waals surface area (Å²) >= 11 is 0. The molecule has 164 valence electrons. The standard InChI is InChI=1S/C27H30F2O2/c1-3-31-24-13-12-22-16-21(10-11-23(22)17-24)20-8-6-18(7-9-20)4-5-19-14-25(28)27(30-2)26(29)15-19/h6-9,14-15,21-24H,3,10-13,16-17H2,1-2H3. The average molecular weight is 425 g/mol. The van der Waals surface area contributed by atoms with Crippen LogP contribution in [0.15, 0.2) is 36.4 Å². The SMILES string of the molecule is CCOC1CCC2CC(c3ccc(C#Cc4cc(F)c(OC)c(F)c4)cc3)CCC2C1. The third kappa shape index (κ3) is 5.10. The first-order valence-corrected chi connectivity index (χ1v) is 11.3. The summed E-state index contributed by atoms with van der Waals surface area (Å²) in [5.74, 6) is 6.23. The fourth-order valence-electron chi connectivity index (χ4n) is 5.35. The molecule has 4 atom stereocenters. The molecule has 2 aliphatic rings. The van der Waals surface area contributed by atoms with E-state index in [0.29, 0.717) is 17.6 Å². The van der Waals surface area contributed by atoms with E-state index < -0.39 is 11.6 Å². The lowest BCUT2D eigenvalue weighted by atomic mass is 9.65. The van der Waals surface area contributed by atoms with Gasteiger partial charge in [-0.1, -0.05) is 24.0 Å². The van der Waals surface area contributed by atoms with Crippen LogP contribution in [0.2, 0.25) is 0 Å². The summed E-state index contributed by atoms with van der Waals surface area (Å²) in [7, 11) is 1.24. The fourth-order valence-corrected chi connectivity index (χ4v) is 5.35. The van der Waals surface area contributed by atoms with E-state index in [4.69, 9.17) is 9.47 Å². The average Bonchev–Trinajstić information content (AvgIpc) is 2.78. The second-order valence-corrected chi connectivity index (χ2v) is 8.77. The van der Waals surface area contributed by atoms with Crippen molar-refractivity contribution in [2.45, 2.75) is 57.5 Å². The Kier molecular flexibility index (Phi) is 6.92. The van der Waals surface area contributed by atoms with Crippen LogP contribution >= 0.6 is 0 Å². The molecule has 0 spiro atoms. The van der Waals surface area contributed by atoms with Gasteiger partial charge in [0.25, 0.3) is 0 Å². The van der Waals surface area contributed by atoms with Gasteiger partial charge in [-0.2, -0.15) is 0 Å². The first-order chi connectivity index (χ1) is 15.1. The molecule has 4 rings (SSSR count). The van der Waals surface area contributed by atoms with Crippen molar-refractivity contribution in [3.63, 3.8) is 0 Å². The molecule has 0 saturated heterocycles. The van der Waals surface area contributed by atoms with Crippen LogP contribution in [0.4, 0.5) is 8.78 Å². The van der Waals surface area contributed by atoms with E-state index in [1.807, 2.05) is 12.1 Å². The molecule has 0 radical (unpaired) electrons. The zero-order valence-electron chi connectivity index (χ0n) is 18.3. The monoisotopic (exact) mass is 424 g/mol. The highest BCUT2D eigenvalue weighted by atomic mass is 19.1. The van der Waals surface area contributed by atoms with Crippen LogP contribution in [0.1, 0.15) is 68.1 Å². The molecule has 0 N–H and O–H groups in total. The largest absolute Gasteiger partial charge is 0.491 e. The predicted molar refractivity (Wildman–Crippen MR) is 118 cm³/mol. The Hall–Kier alpha value is -2.38. The summed E-state index contributed by atoms with van der Waals surface area (Å²) in [6.45, 7) is 2.91. The van der Waals surface area contributed by atoms with Crippen LogP contribution in [0.25, 0.3) is 0 Å². The van der Waals surface area contributed by atoms with E-state index in [-0.39, 0.29) is 5.75 Å². The highest BCUT2D eigenvalue weighted by Gasteiger charge is 2.36. The van der Waals surface area contributed by atoms with Crippen LogP contribution in [0.3, 0.4) is 0 Å². The fraction of sp³-hybridized carbons (Fsp3) is 0.481. The van der Waals surface area contributed by atoms with E-state index >= 15 is 0 Å². The van der Waals surface area contributed by atoms with Gasteiger partial charge in [0, 0.05) is 17.7 Å². The van der Waals surface area contributed by atoms with E-state index in [2.05, 4.69) is 30.9 Å². The van der Waals surface area contributed by atoms with Crippen molar-refractivity contribution in [2.24, 2.45) is 11.8 Å². The van der Waals surface area contributed by atoms with Crippen molar-refractivity contribution in [3.05, 3.63) is 64.7 Å². The van der Waals surface area contributed by atoms with Crippen LogP contribution in [-0.4, -0.2) is 19.8 Å². The molecule has 0 bridgehead atoms. The Morgan fingerprint density at radius 2 is 1.52 bits per heavy atom. The van der Waals surface area contributed by atoms with Gasteiger partial charge in [-0.15, -0.1) is 0 Å². The van der Waals surface area contributed by atoms with Crippen molar-refractivity contribution in [3.8, 4) is 17.6 Å². The van der Waals surface area contributed by atoms with Crippen LogP contribution in [0, 0.1) is 35.3 Å². The first kappa shape index (κ1) is 21.8. The maximum absolute atomic E-state index is 13.8. The van der Waals surface area contributed by atoms with Gasteiger partial charge in [0.1, 0.15) is 0 Å². The minimum Gasteiger partial charge on any atom is -0.491 e. The third-order valence-electron chi connectivity index (χ3n) is 6.90. The third-order valence-corrected chi connectivity index (χ3v) is 6.90. The number of methoxy groups -OCH3 is 1. The van der Waals surface area contributed by atoms with Gasteiger partial charge in [0.05, 0.1) is 13.2 Å². The summed E-state index contributed by atoms with van der Waals surface area (Å²) < 4.78 is 38.3. The Labute approximate surface area is 184 Å². The smallest absolute Gasteiger partial charge is 0.190 e. The van der Waals surface area contributed by atoms with E-state index in [1.165, 1.54) is 63.3 Å². The first-order valence-electron chi connectivity index (χ1n) is 11.3. The van der Waals surface area contributed by atoms with Gasteiger partial charge in [0.2, 0.25) is 0 Å². The number of ether oxygens (including phenoxy) is 2. The molecule has 2 saturated carbocycles. The number of benzene rings is 2. The van der Waals surface area contributed by atoms with Crippen molar-refractivity contribution >= 4 is 0 Å². The Bertz CT molecular complexity index is 934. The number of fused-ring (bicyclic) bond motifs is 1. The van der Waals surface area contributed by atoms with E-state index in [0.717, 1.165) is 24.0 Å². The number of hydrogen-bond acceptors (Lipinski definition) is 2. The maximum atomic E-state index is 13.8. The summed E-state index contributed by atoms with van der Waals surface area (Å²) in [4.78, 5) is 0. The molecule has 2 fully saturated rings. The molecule has 0 aliphatic heterocycles. The topological polar surface area (TPSA) is 18.5 Å². The Morgan fingerprint density at radius 3 is 2.19 bits per heavy atom. The van der Waals surface area contributed by atoms with Crippen molar-refractivity contribution < 1.29 is 18.3 Å². The highest BCUT2D eigenvalue weighted by molar-refractivity contribution is 5.46. The normalized spacial score (nSPS) is 25.3. The lowest BCUT2D eigenvalue weighted by Gasteiger charge is -2.42. The van der Waals surface area contributed by atoms with E-state index in [9.17, 15) is 8.78 Å². The lowest BCUT2D eigenvalue weighted by Crippen LogP contribution is -2.33. The molecule has 2 aromatic rings. The van der Waals surface area contributed by atoms with Gasteiger partial charge in [-0.3, -0.25) is 0 Å². The molecular formula is C27H30F2O2. The van der Waals surface area contributed by atoms with Gasteiger partial charge >= 0.3 is 0 Å². The summed E-state index contributed by atoms with van der Waals surface area (Å²) in [6.07, 6.45) is 7.96. The van der Waals surface area contributed by atoms with Gasteiger partial charge in [0.15, 0.2) is 17.4 Å². The summed E-state index contributed by atoms with van der Waals surface area (Å²) in [6, 6.07) is 10.7. The zero-order chi connectivity index (χ0) is 21.8. The molecule has 0 heterocycles. The van der Waals surface area contributed by atoms with Crippen molar-refractivity contribution in [2.75, 3.05) is 13.7 Å². The molecule has 2 nitrogen and oxygen atoms in total. The molecule has 2 aromatic carbocycles. The second-order valence-electron chi connectivity index (χ2n) is 8.77. The molecular weight excluding hydrogens is 394 g/mol. The zero-order valence-corrected chi connectivity index (χ0v) is 18.3. The molecule has 2 aliphatic carbocycles. The lowest BCUT2D eigenvalue weighted by molar-refractivity contribution is -0.00955. The number of halogens is 2. The Balaban J connectivity index is 1.39. The predicted octanol–water partition coefficient (Wildman–Crippen LogP) is 6.46. The van der Waals surface area contributed by atoms with Crippen molar-refractivity contribution in [1.29, 1.82) is 0 Å². The molecule has 0 aromatic heterocycles. The van der Waals surface area contributed by atoms with Gasteiger partial charge < -0.3 is 9.47 Å². The minimum absolute atomic E-state index is 0.292. The van der Waals surface area contributed by atoms with E-state index in [1.54, 1.807) is 0 Å². The van der Waals surface area contributed by atoms with Gasteiger partial charge in [-0.05, 0) is 93.0 Å². The second kappa shape index (κ2) is 9.83. The summed E-state index contributed by atoms with van der Waals surface area (Å²) in [5, 5.41) is 0. The molecule has 4 heteroatoms. The molecule has 0 amide bonds. The van der Waals surface area contributed by atoms with Crippen LogP contribution in [-0.2, 0) is 4.74 Å².